The number of likely N-dealkylation sites (tertiary alicyclic amines) is 1. The van der Waals surface area contributed by atoms with Crippen molar-refractivity contribution in [3.63, 3.8) is 0 Å². The summed E-state index contributed by atoms with van der Waals surface area (Å²) in [5, 5.41) is 18.3. The molecular formula is C24H23N5O5. The summed E-state index contributed by atoms with van der Waals surface area (Å²) >= 11 is 0. The molecule has 1 fully saturated rings. The first-order valence-electron chi connectivity index (χ1n) is 11.0. The Bertz CT molecular complexity index is 1240. The van der Waals surface area contributed by atoms with Crippen molar-refractivity contribution in [2.45, 2.75) is 31.2 Å². The van der Waals surface area contributed by atoms with Gasteiger partial charge in [0.1, 0.15) is 12.1 Å². The molecule has 10 heteroatoms. The lowest BCUT2D eigenvalue weighted by Gasteiger charge is -2.30. The van der Waals surface area contributed by atoms with Gasteiger partial charge in [0.05, 0.1) is 0 Å². The Balaban J connectivity index is 1.24. The van der Waals surface area contributed by atoms with E-state index in [1.165, 1.54) is 11.8 Å². The van der Waals surface area contributed by atoms with Crippen molar-refractivity contribution in [3.8, 4) is 11.1 Å². The predicted molar refractivity (Wildman–Crippen MR) is 121 cm³/mol. The van der Waals surface area contributed by atoms with E-state index in [0.717, 1.165) is 22.3 Å². The fourth-order valence-corrected chi connectivity index (χ4v) is 4.78. The lowest BCUT2D eigenvalue weighted by atomic mass is 9.98. The average molecular weight is 461 g/mol. The number of aliphatic carboxylic acids is 1. The molecule has 3 N–H and O–H groups in total. The van der Waals surface area contributed by atoms with E-state index < -0.39 is 23.5 Å². The molecule has 0 saturated carbocycles. The first kappa shape index (κ1) is 21.6. The zero-order chi connectivity index (χ0) is 23.9. The second kappa shape index (κ2) is 8.29. The number of nitrogens with one attached hydrogen (secondary N) is 2. The van der Waals surface area contributed by atoms with Crippen LogP contribution in [0.15, 0.2) is 48.5 Å². The Kier molecular flexibility index (Phi) is 5.27. The number of carboxylic acid groups (broad SMARTS) is 1. The Morgan fingerprint density at radius 2 is 1.79 bits per heavy atom. The second-order valence-electron chi connectivity index (χ2n) is 8.60. The van der Waals surface area contributed by atoms with Crippen molar-refractivity contribution in [1.82, 2.24) is 20.1 Å². The zero-order valence-corrected chi connectivity index (χ0v) is 18.4. The van der Waals surface area contributed by atoms with Crippen LogP contribution in [0.5, 0.6) is 0 Å². The third kappa shape index (κ3) is 3.57. The van der Waals surface area contributed by atoms with E-state index in [4.69, 9.17) is 4.74 Å². The Labute approximate surface area is 195 Å². The van der Waals surface area contributed by atoms with Gasteiger partial charge in [0.15, 0.2) is 0 Å². The number of hydrogen-bond donors (Lipinski definition) is 3. The molecular weight excluding hydrogens is 438 g/mol. The highest BCUT2D eigenvalue weighted by Crippen LogP contribution is 2.44. The molecule has 174 valence electrons. The molecule has 10 nitrogen and oxygen atoms in total. The van der Waals surface area contributed by atoms with Crippen LogP contribution in [-0.4, -0.2) is 61.8 Å². The molecule has 34 heavy (non-hydrogen) atoms. The molecule has 0 bridgehead atoms. The number of fused-ring (bicyclic) bond motifs is 3. The summed E-state index contributed by atoms with van der Waals surface area (Å²) in [5.41, 5.74) is 3.13. The van der Waals surface area contributed by atoms with Gasteiger partial charge in [-0.3, -0.25) is 15.2 Å². The number of carbonyl (C=O) groups is 3. The van der Waals surface area contributed by atoms with Crippen LogP contribution >= 0.6 is 0 Å². The predicted octanol–water partition coefficient (Wildman–Crippen LogP) is 3.25. The van der Waals surface area contributed by atoms with Gasteiger partial charge < -0.3 is 14.7 Å². The van der Waals surface area contributed by atoms with Gasteiger partial charge in [0, 0.05) is 12.5 Å². The summed E-state index contributed by atoms with van der Waals surface area (Å²) in [6.07, 6.45) is 0.178. The largest absolute Gasteiger partial charge is 0.480 e. The number of aromatic nitrogens is 3. The molecule has 2 amide bonds. The first-order valence-corrected chi connectivity index (χ1v) is 11.0. The van der Waals surface area contributed by atoms with Crippen LogP contribution < -0.4 is 5.32 Å². The van der Waals surface area contributed by atoms with Gasteiger partial charge in [-0.15, -0.1) is 5.10 Å². The van der Waals surface area contributed by atoms with Crippen molar-refractivity contribution in [3.05, 3.63) is 65.5 Å². The van der Waals surface area contributed by atoms with E-state index in [0.29, 0.717) is 19.4 Å². The second-order valence-corrected chi connectivity index (χ2v) is 8.60. The van der Waals surface area contributed by atoms with E-state index in [-0.39, 0.29) is 24.3 Å². The molecule has 2 aromatic carbocycles. The zero-order valence-electron chi connectivity index (χ0n) is 18.4. The number of ether oxygens (including phenoxy) is 1. The molecule has 0 radical (unpaired) electrons. The first-order chi connectivity index (χ1) is 16.4. The summed E-state index contributed by atoms with van der Waals surface area (Å²) in [6, 6.07) is 16.0. The summed E-state index contributed by atoms with van der Waals surface area (Å²) in [4.78, 5) is 42.1. The normalized spacial score (nSPS) is 18.9. The number of hydrogen-bond acceptors (Lipinski definition) is 6. The van der Waals surface area contributed by atoms with E-state index in [9.17, 15) is 19.5 Å². The van der Waals surface area contributed by atoms with Crippen LogP contribution in [0.1, 0.15) is 47.4 Å². The molecule has 5 rings (SSSR count). The topological polar surface area (TPSA) is 138 Å². The fraction of sp³-hybridized carbons (Fsp3) is 0.292. The number of carboxylic acids is 1. The number of carbonyl (C=O) groups excluding carboxylic acids is 2. The van der Waals surface area contributed by atoms with Crippen molar-refractivity contribution < 1.29 is 24.2 Å². The van der Waals surface area contributed by atoms with Gasteiger partial charge in [0.2, 0.25) is 5.82 Å². The van der Waals surface area contributed by atoms with Crippen LogP contribution in [0.4, 0.5) is 10.7 Å². The number of aromatic amines is 1. The van der Waals surface area contributed by atoms with E-state index in [2.05, 4.69) is 32.6 Å². The van der Waals surface area contributed by atoms with Gasteiger partial charge in [-0.1, -0.05) is 48.5 Å². The van der Waals surface area contributed by atoms with Gasteiger partial charge in [0.25, 0.3) is 11.9 Å². The van der Waals surface area contributed by atoms with Gasteiger partial charge in [-0.05, 0) is 42.0 Å². The van der Waals surface area contributed by atoms with E-state index >= 15 is 0 Å². The highest BCUT2D eigenvalue weighted by Gasteiger charge is 2.46. The third-order valence-electron chi connectivity index (χ3n) is 6.59. The minimum Gasteiger partial charge on any atom is -0.480 e. The van der Waals surface area contributed by atoms with E-state index in [1.54, 1.807) is 0 Å². The van der Waals surface area contributed by atoms with Crippen LogP contribution in [-0.2, 0) is 9.53 Å². The third-order valence-corrected chi connectivity index (χ3v) is 6.59. The molecule has 1 saturated heterocycles. The lowest BCUT2D eigenvalue weighted by Crippen LogP contribution is -2.51. The molecule has 2 aliphatic rings. The molecule has 1 aromatic heterocycles. The molecule has 0 unspecified atom stereocenters. The minimum atomic E-state index is -1.30. The number of benzene rings is 2. The number of nitrogens with zero attached hydrogens (tertiary/aromatic N) is 3. The molecule has 1 aliphatic carbocycles. The SMILES string of the molecule is C[C@@]1(C(=O)O)CCCN1C(=O)c1nc(NC(=O)OCC2c3ccccc3-c3ccccc32)n[nH]1. The maximum Gasteiger partial charge on any atom is 0.414 e. The van der Waals surface area contributed by atoms with Gasteiger partial charge >= 0.3 is 12.1 Å². The number of amides is 2. The van der Waals surface area contributed by atoms with Crippen molar-refractivity contribution in [2.75, 3.05) is 18.5 Å². The van der Waals surface area contributed by atoms with Gasteiger partial charge in [-0.25, -0.2) is 9.59 Å². The fourth-order valence-electron chi connectivity index (χ4n) is 4.78. The van der Waals surface area contributed by atoms with Crippen LogP contribution in [0.3, 0.4) is 0 Å². The molecule has 3 aromatic rings. The molecule has 1 atom stereocenters. The standard InChI is InChI=1S/C24H23N5O5/c1-24(21(31)32)11-6-12-29(24)20(30)19-25-22(28-27-19)26-23(33)34-13-18-16-9-4-2-7-14(16)15-8-3-5-10-17(15)18/h2-5,7-10,18H,6,11-13H2,1H3,(H,31,32)(H2,25,26,27,28,33)/t24-/m0/s1. The maximum atomic E-state index is 12.8. The Morgan fingerprint density at radius 1 is 1.15 bits per heavy atom. The summed E-state index contributed by atoms with van der Waals surface area (Å²) < 4.78 is 5.46. The molecule has 2 heterocycles. The van der Waals surface area contributed by atoms with Crippen molar-refractivity contribution in [1.29, 1.82) is 0 Å². The van der Waals surface area contributed by atoms with E-state index in [1.807, 2.05) is 36.4 Å². The quantitative estimate of drug-likeness (QED) is 0.530. The summed E-state index contributed by atoms with van der Waals surface area (Å²) in [6.45, 7) is 1.94. The van der Waals surface area contributed by atoms with Crippen LogP contribution in [0.25, 0.3) is 11.1 Å². The van der Waals surface area contributed by atoms with Crippen molar-refractivity contribution >= 4 is 23.9 Å². The minimum absolute atomic E-state index is 0.0914. The van der Waals surface area contributed by atoms with Crippen LogP contribution in [0.2, 0.25) is 0 Å². The van der Waals surface area contributed by atoms with Crippen LogP contribution in [0, 0.1) is 0 Å². The lowest BCUT2D eigenvalue weighted by molar-refractivity contribution is -0.147. The Hall–Kier alpha value is -4.21. The average Bonchev–Trinajstić information content (AvgIpc) is 3.54. The number of H-pyrrole nitrogens is 1. The smallest absolute Gasteiger partial charge is 0.414 e. The highest BCUT2D eigenvalue weighted by atomic mass is 16.5. The number of rotatable bonds is 5. The molecule has 1 aliphatic heterocycles. The summed E-state index contributed by atoms with van der Waals surface area (Å²) in [7, 11) is 0. The Morgan fingerprint density at radius 3 is 2.44 bits per heavy atom. The van der Waals surface area contributed by atoms with Crippen molar-refractivity contribution in [2.24, 2.45) is 0 Å². The molecule has 0 spiro atoms. The highest BCUT2D eigenvalue weighted by molar-refractivity contribution is 5.96. The summed E-state index contributed by atoms with van der Waals surface area (Å²) in [5.74, 6) is -2.03. The van der Waals surface area contributed by atoms with Gasteiger partial charge in [-0.2, -0.15) is 4.98 Å². The maximum absolute atomic E-state index is 12.8. The number of anilines is 1. The monoisotopic (exact) mass is 461 g/mol.